The molecule has 0 fully saturated rings. The SMILES string of the molecule is CCCC[C@H](NC(=O)OC(C)(C)C)c1cccc(-c2cc(OC)c3cnn(-c4cccc(CO[Si](C)(C)C(C)(C)C)n4)c3c2)n1.COc1cc(-c2cccc([C@@H](N)CCCO)n2)cc2c1cnn2-c1cccc(CO)n1.S.S. The number of nitrogens with two attached hydrogens (primary N) is 1. The number of aliphatic hydroxyl groups is 2. The van der Waals surface area contributed by atoms with Gasteiger partial charge in [0.2, 0.25) is 0 Å². The van der Waals surface area contributed by atoms with Crippen LogP contribution in [0.5, 0.6) is 11.5 Å². The Bertz CT molecular complexity index is 3250. The summed E-state index contributed by atoms with van der Waals surface area (Å²) >= 11 is 0. The van der Waals surface area contributed by atoms with Crippen molar-refractivity contribution in [2.75, 3.05) is 20.8 Å². The van der Waals surface area contributed by atoms with Crippen LogP contribution in [0, 0.1) is 0 Å². The number of methoxy groups -OCH3 is 2. The van der Waals surface area contributed by atoms with Gasteiger partial charge in [0.25, 0.3) is 0 Å². The van der Waals surface area contributed by atoms with Crippen LogP contribution in [0.4, 0.5) is 4.79 Å². The summed E-state index contributed by atoms with van der Waals surface area (Å²) in [5, 5.41) is 32.6. The highest BCUT2D eigenvalue weighted by molar-refractivity contribution is 7.59. The fourth-order valence-corrected chi connectivity index (χ4v) is 9.17. The summed E-state index contributed by atoms with van der Waals surface area (Å²) in [6.07, 6.45) is 7.07. The molecule has 8 rings (SSSR count). The van der Waals surface area contributed by atoms with Crippen LogP contribution in [0.25, 0.3) is 56.0 Å². The number of aliphatic hydroxyl groups excluding tert-OH is 2. The lowest BCUT2D eigenvalue weighted by Crippen LogP contribution is -2.40. The second kappa shape index (κ2) is 27.5. The monoisotopic (exact) mass is 1120 g/mol. The Labute approximate surface area is 473 Å². The number of nitrogens with one attached hydrogen (secondary N) is 1. The molecule has 0 radical (unpaired) electrons. The number of carbonyl (C=O) groups is 1. The van der Waals surface area contributed by atoms with Gasteiger partial charge in [-0.05, 0) is 131 Å². The number of nitrogens with zero attached hydrogens (tertiary/aromatic N) is 8. The number of amides is 1. The Hall–Kier alpha value is -6.39. The number of pyridine rings is 4. The van der Waals surface area contributed by atoms with Gasteiger partial charge in [-0.25, -0.2) is 24.1 Å². The molecule has 1 amide bonds. The molecule has 418 valence electrons. The number of carbonyl (C=O) groups excluding carboxylic acids is 1. The van der Waals surface area contributed by atoms with Crippen molar-refractivity contribution in [2.24, 2.45) is 5.73 Å². The number of rotatable bonds is 19. The predicted molar refractivity (Wildman–Crippen MR) is 321 cm³/mol. The van der Waals surface area contributed by atoms with Crippen LogP contribution in [-0.2, 0) is 22.4 Å². The summed E-state index contributed by atoms with van der Waals surface area (Å²) in [7, 11) is 1.35. The van der Waals surface area contributed by atoms with Crippen molar-refractivity contribution in [2.45, 2.75) is 130 Å². The number of ether oxygens (including phenoxy) is 3. The Morgan fingerprint density at radius 3 is 1.71 bits per heavy atom. The summed E-state index contributed by atoms with van der Waals surface area (Å²) < 4.78 is 27.0. The van der Waals surface area contributed by atoms with Gasteiger partial charge < -0.3 is 39.9 Å². The number of unbranched alkanes of at least 4 members (excludes halogenated alkanes) is 1. The van der Waals surface area contributed by atoms with Gasteiger partial charge >= 0.3 is 6.09 Å². The van der Waals surface area contributed by atoms with Gasteiger partial charge in [-0.2, -0.15) is 37.2 Å². The molecule has 20 heteroatoms. The number of alkyl carbamates (subject to hydrolysis) is 1. The zero-order chi connectivity index (χ0) is 54.8. The van der Waals surface area contributed by atoms with E-state index in [0.29, 0.717) is 48.3 Å². The highest BCUT2D eigenvalue weighted by Crippen LogP contribution is 2.38. The minimum atomic E-state index is -1.93. The fraction of sp³-hybridized carbons (Fsp3) is 0.397. The maximum Gasteiger partial charge on any atom is 0.408 e. The second-order valence-corrected chi connectivity index (χ2v) is 26.0. The largest absolute Gasteiger partial charge is 0.496 e. The van der Waals surface area contributed by atoms with E-state index in [9.17, 15) is 9.90 Å². The topological polar surface area (TPSA) is 220 Å². The third-order valence-electron chi connectivity index (χ3n) is 13.4. The third-order valence-corrected chi connectivity index (χ3v) is 17.9. The van der Waals surface area contributed by atoms with Crippen molar-refractivity contribution in [3.63, 3.8) is 0 Å². The zero-order valence-corrected chi connectivity index (χ0v) is 49.8. The number of hydrogen-bond donors (Lipinski definition) is 4. The summed E-state index contributed by atoms with van der Waals surface area (Å²) in [4.78, 5) is 31.8. The summed E-state index contributed by atoms with van der Waals surface area (Å²) in [6, 6.07) is 30.4. The number of hydrogen-bond acceptors (Lipinski definition) is 14. The molecule has 2 aromatic carbocycles. The van der Waals surface area contributed by atoms with E-state index in [0.717, 1.165) is 80.7 Å². The Balaban J connectivity index is 0.000000298. The van der Waals surface area contributed by atoms with Crippen LogP contribution >= 0.6 is 27.0 Å². The fourth-order valence-electron chi connectivity index (χ4n) is 8.23. The zero-order valence-electron chi connectivity index (χ0n) is 46.8. The molecule has 0 saturated heterocycles. The first-order chi connectivity index (χ1) is 36.3. The molecule has 0 spiro atoms. The first kappa shape index (κ1) is 62.4. The van der Waals surface area contributed by atoms with E-state index in [4.69, 9.17) is 49.5 Å². The highest BCUT2D eigenvalue weighted by Gasteiger charge is 2.37. The van der Waals surface area contributed by atoms with Gasteiger partial charge in [-0.15, -0.1) is 0 Å². The second-order valence-electron chi connectivity index (χ2n) is 21.2. The number of aromatic nitrogens is 8. The van der Waals surface area contributed by atoms with Gasteiger partial charge in [0.1, 0.15) is 17.1 Å². The first-order valence-corrected chi connectivity index (χ1v) is 28.8. The van der Waals surface area contributed by atoms with E-state index in [2.05, 4.69) is 62.3 Å². The average molecular weight is 1120 g/mol. The molecule has 8 aromatic rings. The van der Waals surface area contributed by atoms with Crippen LogP contribution in [0.2, 0.25) is 18.1 Å². The molecular weight excluding hydrogens is 1040 g/mol. The van der Waals surface area contributed by atoms with E-state index in [-0.39, 0.29) is 57.3 Å². The maximum absolute atomic E-state index is 12.7. The summed E-state index contributed by atoms with van der Waals surface area (Å²) in [5.41, 5.74) is 13.5. The standard InChI is InChI=1S/C35H49N5O4Si.C23H25N5O3.2H2S/c1-11-12-16-29(39-33(41)44-34(2,3)4)28-18-14-17-27(38-28)24-20-30-26(31(21-24)42-8)22-36-40(30)32-19-13-15-25(37-32)23-43-45(9,10)35(5,6)7;1-31-22-12-15(19-7-3-8-20(27-19)18(24)6-4-10-29)11-21-17(22)13-25-28(21)23-9-2-5-16(14-30)26-23;;/h13-15,17-22,29H,11-12,16,23H2,1-10H3,(H,39,41);2-3,5,7-9,11-13,18,29-30H,4,6,10,14,24H2,1H3;2*1H2/t29-;18-;;/m00../s1. The van der Waals surface area contributed by atoms with Crippen molar-refractivity contribution < 1.29 is 33.6 Å². The molecule has 0 unspecified atom stereocenters. The average Bonchev–Trinajstić information content (AvgIpc) is 4.07. The Morgan fingerprint density at radius 1 is 0.692 bits per heavy atom. The molecule has 0 saturated carbocycles. The van der Waals surface area contributed by atoms with Crippen molar-refractivity contribution in [3.8, 4) is 45.6 Å². The number of benzene rings is 2. The lowest BCUT2D eigenvalue weighted by Gasteiger charge is -2.36. The molecule has 2 atom stereocenters. The third kappa shape index (κ3) is 15.5. The van der Waals surface area contributed by atoms with Crippen LogP contribution in [-0.4, -0.2) is 90.5 Å². The van der Waals surface area contributed by atoms with Crippen molar-refractivity contribution >= 4 is 63.2 Å². The summed E-state index contributed by atoms with van der Waals surface area (Å²) in [6.45, 7) is 19.3. The molecule has 0 aliphatic rings. The van der Waals surface area contributed by atoms with E-state index in [1.54, 1.807) is 37.4 Å². The quantitative estimate of drug-likeness (QED) is 0.0554. The maximum atomic E-state index is 12.7. The van der Waals surface area contributed by atoms with Crippen molar-refractivity contribution in [1.82, 2.24) is 44.8 Å². The highest BCUT2D eigenvalue weighted by atomic mass is 32.1. The van der Waals surface area contributed by atoms with Gasteiger partial charge in [0, 0.05) is 23.8 Å². The minimum Gasteiger partial charge on any atom is -0.496 e. The van der Waals surface area contributed by atoms with Crippen LogP contribution in [0.15, 0.2) is 109 Å². The van der Waals surface area contributed by atoms with Crippen molar-refractivity contribution in [1.29, 1.82) is 0 Å². The normalized spacial score (nSPS) is 12.4. The Kier molecular flexibility index (Phi) is 22.0. The molecule has 0 aliphatic carbocycles. The smallest absolute Gasteiger partial charge is 0.408 e. The Morgan fingerprint density at radius 2 is 1.21 bits per heavy atom. The lowest BCUT2D eigenvalue weighted by atomic mass is 10.0. The lowest BCUT2D eigenvalue weighted by molar-refractivity contribution is 0.0499. The van der Waals surface area contributed by atoms with Gasteiger partial charge in [-0.3, -0.25) is 9.97 Å². The molecule has 5 N–H and O–H groups in total. The first-order valence-electron chi connectivity index (χ1n) is 25.9. The molecule has 17 nitrogen and oxygen atoms in total. The van der Waals surface area contributed by atoms with Gasteiger partial charge in [0.05, 0.1) is 102 Å². The van der Waals surface area contributed by atoms with Crippen LogP contribution in [0.1, 0.15) is 115 Å². The molecule has 6 heterocycles. The summed E-state index contributed by atoms with van der Waals surface area (Å²) in [5.74, 6) is 2.67. The van der Waals surface area contributed by atoms with Gasteiger partial charge in [0.15, 0.2) is 20.0 Å². The van der Waals surface area contributed by atoms with E-state index in [1.165, 1.54) is 0 Å². The molecule has 6 aromatic heterocycles. The molecule has 0 aliphatic heterocycles. The van der Waals surface area contributed by atoms with E-state index >= 15 is 0 Å². The molecular formula is C58H78N10O7S2Si. The molecule has 78 heavy (non-hydrogen) atoms. The van der Waals surface area contributed by atoms with Crippen molar-refractivity contribution in [3.05, 3.63) is 132 Å². The number of fused-ring (bicyclic) bond motifs is 2. The van der Waals surface area contributed by atoms with Crippen LogP contribution < -0.4 is 20.5 Å². The van der Waals surface area contributed by atoms with E-state index in [1.807, 2.05) is 110 Å². The minimum absolute atomic E-state index is 0. The molecule has 0 bridgehead atoms. The van der Waals surface area contributed by atoms with E-state index < -0.39 is 20.0 Å². The predicted octanol–water partition coefficient (Wildman–Crippen LogP) is 11.8. The van der Waals surface area contributed by atoms with Crippen LogP contribution in [0.3, 0.4) is 0 Å². The van der Waals surface area contributed by atoms with Gasteiger partial charge in [-0.1, -0.05) is 64.8 Å².